The Kier molecular flexibility index (Phi) is 6.07. The summed E-state index contributed by atoms with van der Waals surface area (Å²) < 4.78 is 16.9. The van der Waals surface area contributed by atoms with E-state index in [4.69, 9.17) is 13.9 Å². The molecular weight excluding hydrogens is 338 g/mol. The highest BCUT2D eigenvalue weighted by molar-refractivity contribution is 6.74. The second-order valence-corrected chi connectivity index (χ2v) is 14.3. The highest BCUT2D eigenvalue weighted by Gasteiger charge is 2.54. The molecule has 1 amide bonds. The zero-order valence-electron chi connectivity index (χ0n) is 17.5. The molecule has 1 aliphatic rings. The molecule has 0 bridgehead atoms. The largest absolute Gasteiger partial charge is 0.467 e. The van der Waals surface area contributed by atoms with E-state index in [1.165, 1.54) is 12.0 Å². The highest BCUT2D eigenvalue weighted by atomic mass is 28.4. The van der Waals surface area contributed by atoms with Crippen molar-refractivity contribution in [2.45, 2.75) is 90.3 Å². The Bertz CT molecular complexity index is 521. The minimum Gasteiger partial charge on any atom is -0.467 e. The number of ether oxygens (including phenoxy) is 2. The summed E-state index contributed by atoms with van der Waals surface area (Å²) >= 11 is 0. The number of esters is 1. The summed E-state index contributed by atoms with van der Waals surface area (Å²) in [5, 5.41) is 0.0496. The molecule has 0 aromatic heterocycles. The van der Waals surface area contributed by atoms with Gasteiger partial charge in [-0.25, -0.2) is 9.59 Å². The zero-order chi connectivity index (χ0) is 19.8. The van der Waals surface area contributed by atoms with Gasteiger partial charge in [0.15, 0.2) is 8.32 Å². The summed E-state index contributed by atoms with van der Waals surface area (Å²) in [6, 6.07) is 0. The molecule has 1 fully saturated rings. The molecule has 146 valence electrons. The van der Waals surface area contributed by atoms with Gasteiger partial charge in [-0.1, -0.05) is 20.8 Å². The summed E-state index contributed by atoms with van der Waals surface area (Å²) in [4.78, 5) is 26.5. The maximum atomic E-state index is 12.7. The number of hydrogen-bond acceptors (Lipinski definition) is 5. The molecule has 1 saturated heterocycles. The van der Waals surface area contributed by atoms with Crippen molar-refractivity contribution < 1.29 is 23.5 Å². The molecule has 1 rings (SSSR count). The number of hydrogen-bond donors (Lipinski definition) is 0. The van der Waals surface area contributed by atoms with Crippen LogP contribution in [-0.4, -0.2) is 56.2 Å². The fourth-order valence-electron chi connectivity index (χ4n) is 2.70. The van der Waals surface area contributed by atoms with Crippen LogP contribution >= 0.6 is 0 Å². The van der Waals surface area contributed by atoms with Gasteiger partial charge in [0.1, 0.15) is 11.1 Å². The number of likely N-dealkylation sites (tertiary alicyclic amines) is 1. The fourth-order valence-corrected chi connectivity index (χ4v) is 4.05. The van der Waals surface area contributed by atoms with E-state index in [9.17, 15) is 9.59 Å². The quantitative estimate of drug-likeness (QED) is 0.553. The maximum Gasteiger partial charge on any atom is 0.411 e. The number of methoxy groups -OCH3 is 1. The number of amides is 1. The lowest BCUT2D eigenvalue weighted by molar-refractivity contribution is -0.152. The second-order valence-electron chi connectivity index (χ2n) is 9.56. The van der Waals surface area contributed by atoms with Gasteiger partial charge in [0.2, 0.25) is 0 Å². The SMILES string of the molecule is COC(=O)[C@@]1(C)C[C@H](O[Si](C)(C)C(C)(C)C)CN1C(=O)OC(C)(C)C. The van der Waals surface area contributed by atoms with Crippen molar-refractivity contribution in [1.29, 1.82) is 0 Å². The third-order valence-corrected chi connectivity index (χ3v) is 9.65. The average molecular weight is 374 g/mol. The van der Waals surface area contributed by atoms with E-state index < -0.39 is 31.5 Å². The van der Waals surface area contributed by atoms with Crippen molar-refractivity contribution >= 4 is 20.4 Å². The van der Waals surface area contributed by atoms with Gasteiger partial charge in [0.05, 0.1) is 19.8 Å². The van der Waals surface area contributed by atoms with Crippen molar-refractivity contribution in [3.63, 3.8) is 0 Å². The maximum absolute atomic E-state index is 12.7. The predicted octanol–water partition coefficient (Wildman–Crippen LogP) is 3.95. The molecule has 2 atom stereocenters. The number of rotatable bonds is 3. The third kappa shape index (κ3) is 4.97. The third-order valence-electron chi connectivity index (χ3n) is 5.11. The molecule has 7 heteroatoms. The first-order chi connectivity index (χ1) is 11.0. The van der Waals surface area contributed by atoms with Crippen LogP contribution in [0.2, 0.25) is 18.1 Å². The minimum absolute atomic E-state index is 0.0496. The average Bonchev–Trinajstić information content (AvgIpc) is 2.72. The van der Waals surface area contributed by atoms with Crippen LogP contribution in [0.5, 0.6) is 0 Å². The molecule has 0 N–H and O–H groups in total. The van der Waals surface area contributed by atoms with E-state index in [1.807, 2.05) is 0 Å². The van der Waals surface area contributed by atoms with Crippen LogP contribution in [0.4, 0.5) is 4.79 Å². The minimum atomic E-state index is -2.02. The smallest absolute Gasteiger partial charge is 0.411 e. The molecule has 1 aliphatic heterocycles. The van der Waals surface area contributed by atoms with Crippen LogP contribution in [0.3, 0.4) is 0 Å². The van der Waals surface area contributed by atoms with E-state index in [-0.39, 0.29) is 11.1 Å². The van der Waals surface area contributed by atoms with Crippen molar-refractivity contribution in [2.24, 2.45) is 0 Å². The Morgan fingerprint density at radius 2 is 1.64 bits per heavy atom. The number of carbonyl (C=O) groups excluding carboxylic acids is 2. The van der Waals surface area contributed by atoms with Gasteiger partial charge in [-0.15, -0.1) is 0 Å². The van der Waals surface area contributed by atoms with E-state index >= 15 is 0 Å². The topological polar surface area (TPSA) is 65.1 Å². The number of carbonyl (C=O) groups is 2. The molecular formula is C18H35NO5Si. The fraction of sp³-hybridized carbons (Fsp3) is 0.889. The lowest BCUT2D eigenvalue weighted by Crippen LogP contribution is -2.52. The molecule has 1 heterocycles. The lowest BCUT2D eigenvalue weighted by Gasteiger charge is -2.38. The van der Waals surface area contributed by atoms with Crippen LogP contribution in [0.1, 0.15) is 54.9 Å². The zero-order valence-corrected chi connectivity index (χ0v) is 18.5. The Morgan fingerprint density at radius 3 is 2.04 bits per heavy atom. The Hall–Kier alpha value is -1.08. The van der Waals surface area contributed by atoms with Crippen LogP contribution in [-0.2, 0) is 18.7 Å². The molecule has 0 spiro atoms. The van der Waals surface area contributed by atoms with E-state index in [0.717, 1.165) is 0 Å². The molecule has 0 unspecified atom stereocenters. The van der Waals surface area contributed by atoms with Crippen LogP contribution in [0.15, 0.2) is 0 Å². The predicted molar refractivity (Wildman–Crippen MR) is 100 cm³/mol. The van der Waals surface area contributed by atoms with E-state index in [1.54, 1.807) is 27.7 Å². The van der Waals surface area contributed by atoms with E-state index in [2.05, 4.69) is 33.9 Å². The normalized spacial score (nSPS) is 25.0. The van der Waals surface area contributed by atoms with Crippen molar-refractivity contribution in [3.05, 3.63) is 0 Å². The standard InChI is InChI=1S/C18H35NO5Si/c1-16(2,3)23-15(21)19-12-13(11-18(19,7)14(20)22-8)24-25(9,10)17(4,5)6/h13H,11-12H2,1-10H3/t13-,18+/m0/s1. The van der Waals surface area contributed by atoms with Crippen LogP contribution in [0.25, 0.3) is 0 Å². The Labute approximate surface area is 153 Å². The Balaban J connectivity index is 3.07. The number of nitrogens with zero attached hydrogens (tertiary/aromatic N) is 1. The first-order valence-electron chi connectivity index (χ1n) is 8.80. The first-order valence-corrected chi connectivity index (χ1v) is 11.7. The highest BCUT2D eigenvalue weighted by Crippen LogP contribution is 2.41. The summed E-state index contributed by atoms with van der Waals surface area (Å²) in [7, 11) is -0.683. The summed E-state index contributed by atoms with van der Waals surface area (Å²) in [6.45, 7) is 18.3. The lowest BCUT2D eigenvalue weighted by atomic mass is 9.98. The molecule has 25 heavy (non-hydrogen) atoms. The van der Waals surface area contributed by atoms with Gasteiger partial charge in [-0.2, -0.15) is 0 Å². The van der Waals surface area contributed by atoms with Crippen LogP contribution in [0, 0.1) is 0 Å². The molecule has 0 saturated carbocycles. The van der Waals surface area contributed by atoms with E-state index in [0.29, 0.717) is 13.0 Å². The molecule has 0 aromatic carbocycles. The van der Waals surface area contributed by atoms with Gasteiger partial charge >= 0.3 is 12.1 Å². The second kappa shape index (κ2) is 6.91. The monoisotopic (exact) mass is 373 g/mol. The molecule has 0 aliphatic carbocycles. The summed E-state index contributed by atoms with van der Waals surface area (Å²) in [5.41, 5.74) is -1.71. The van der Waals surface area contributed by atoms with Crippen molar-refractivity contribution in [3.8, 4) is 0 Å². The van der Waals surface area contributed by atoms with Crippen LogP contribution < -0.4 is 0 Å². The van der Waals surface area contributed by atoms with Gasteiger partial charge < -0.3 is 13.9 Å². The summed E-state index contributed by atoms with van der Waals surface area (Å²) in [5.74, 6) is -0.445. The first kappa shape index (κ1) is 22.0. The molecule has 0 aromatic rings. The van der Waals surface area contributed by atoms with Gasteiger partial charge in [-0.3, -0.25) is 4.90 Å². The van der Waals surface area contributed by atoms with Gasteiger partial charge in [0, 0.05) is 6.42 Å². The summed E-state index contributed by atoms with van der Waals surface area (Å²) in [6.07, 6.45) is -0.315. The van der Waals surface area contributed by atoms with Gasteiger partial charge in [-0.05, 0) is 45.8 Å². The molecule has 6 nitrogen and oxygen atoms in total. The van der Waals surface area contributed by atoms with Crippen molar-refractivity contribution in [2.75, 3.05) is 13.7 Å². The molecule has 0 radical (unpaired) electrons. The van der Waals surface area contributed by atoms with Gasteiger partial charge in [0.25, 0.3) is 0 Å². The van der Waals surface area contributed by atoms with Crippen molar-refractivity contribution in [1.82, 2.24) is 4.90 Å². The Morgan fingerprint density at radius 1 is 1.12 bits per heavy atom.